The lowest BCUT2D eigenvalue weighted by atomic mass is 9.56. The molecule has 1 saturated carbocycles. The Morgan fingerprint density at radius 3 is 2.30 bits per heavy atom. The lowest BCUT2D eigenvalue weighted by molar-refractivity contribution is -0.140. The van der Waals surface area contributed by atoms with E-state index in [0.717, 1.165) is 22.6 Å². The lowest BCUT2D eigenvalue weighted by Gasteiger charge is -2.50. The van der Waals surface area contributed by atoms with Crippen molar-refractivity contribution in [1.82, 2.24) is 4.90 Å². The summed E-state index contributed by atoms with van der Waals surface area (Å²) in [6.07, 6.45) is 2.20. The number of allylic oxidation sites excluding steroid dienone is 2. The topological polar surface area (TPSA) is 124 Å². The number of imide groups is 2. The molecule has 2 saturated heterocycles. The van der Waals surface area contributed by atoms with Crippen LogP contribution in [0.5, 0.6) is 17.2 Å². The van der Waals surface area contributed by atoms with Crippen molar-refractivity contribution in [2.75, 3.05) is 18.6 Å². The van der Waals surface area contributed by atoms with E-state index in [4.69, 9.17) is 27.9 Å². The van der Waals surface area contributed by atoms with Crippen molar-refractivity contribution in [1.29, 1.82) is 0 Å². The Morgan fingerprint density at radius 2 is 1.62 bits per heavy atom. The zero-order chi connectivity index (χ0) is 33.4. The number of alkyl halides is 2. The summed E-state index contributed by atoms with van der Waals surface area (Å²) >= 11 is 14.7. The van der Waals surface area contributed by atoms with E-state index in [1.807, 2.05) is 6.08 Å². The van der Waals surface area contributed by atoms with E-state index in [-0.39, 0.29) is 48.2 Å². The maximum absolute atomic E-state index is 14.4. The Morgan fingerprint density at radius 1 is 0.915 bits per heavy atom. The number of rotatable bonds is 6. The normalized spacial score (nSPS) is 29.8. The molecule has 3 fully saturated rings. The number of methoxy groups -OCH3 is 1. The number of anilines is 1. The zero-order valence-corrected chi connectivity index (χ0v) is 26.5. The number of carbonyl (C=O) groups is 4. The third kappa shape index (κ3) is 4.48. The van der Waals surface area contributed by atoms with E-state index in [9.17, 15) is 33.8 Å². The van der Waals surface area contributed by atoms with Gasteiger partial charge >= 0.3 is 0 Å². The van der Waals surface area contributed by atoms with Crippen LogP contribution in [0.15, 0.2) is 78.4 Å². The molecule has 0 bridgehead atoms. The molecule has 12 heteroatoms. The van der Waals surface area contributed by atoms with Crippen molar-refractivity contribution in [3.8, 4) is 17.2 Å². The Labute approximate surface area is 279 Å². The molecule has 6 atom stereocenters. The number of hydrogen-bond donors (Lipinski definition) is 2. The van der Waals surface area contributed by atoms with Gasteiger partial charge in [0, 0.05) is 12.5 Å². The van der Waals surface area contributed by atoms with E-state index < -0.39 is 57.0 Å². The highest BCUT2D eigenvalue weighted by atomic mass is 35.5. The number of likely N-dealkylation sites (tertiary alicyclic amines) is 1. The summed E-state index contributed by atoms with van der Waals surface area (Å²) in [6.45, 7) is 0.122. The molecule has 47 heavy (non-hydrogen) atoms. The smallest absolute Gasteiger partial charge is 0.258 e. The number of ether oxygens (including phenoxy) is 1. The number of fused-ring (bicyclic) bond motifs is 4. The second-order valence-corrected chi connectivity index (χ2v) is 13.7. The second kappa shape index (κ2) is 11.1. The Kier molecular flexibility index (Phi) is 7.37. The minimum atomic E-state index is -2.10. The predicted octanol–water partition coefficient (Wildman–Crippen LogP) is 5.05. The molecule has 9 nitrogen and oxygen atoms in total. The number of benzene rings is 3. The number of phenolic OH excluding ortho intramolecular Hbond substituents is 2. The van der Waals surface area contributed by atoms with Crippen molar-refractivity contribution in [3.63, 3.8) is 0 Å². The summed E-state index contributed by atoms with van der Waals surface area (Å²) in [7, 11) is 1.37. The van der Waals surface area contributed by atoms with Crippen molar-refractivity contribution >= 4 is 52.5 Å². The molecule has 3 aromatic carbocycles. The van der Waals surface area contributed by atoms with Crippen LogP contribution in [-0.2, 0) is 25.6 Å². The van der Waals surface area contributed by atoms with Crippen LogP contribution in [0.25, 0.3) is 0 Å². The SMILES string of the molecule is COc1cc([C@H]2C3=CC[C@@H]4C(=O)N(CCc5ccc(O)cc5)C(=O)[C@@H]4[C@@H]3C[C@@]3(Cl)C(=O)N(c4ccc(F)cc4)C(=O)[C@@]23Cl)ccc1O. The Hall–Kier alpha value is -4.41. The zero-order valence-electron chi connectivity index (χ0n) is 25.0. The second-order valence-electron chi connectivity index (χ2n) is 12.4. The minimum Gasteiger partial charge on any atom is -0.508 e. The average molecular weight is 680 g/mol. The highest BCUT2D eigenvalue weighted by Crippen LogP contribution is 2.66. The molecular formula is C35H29Cl2FN2O7. The van der Waals surface area contributed by atoms with Crippen molar-refractivity contribution in [3.05, 3.63) is 95.3 Å². The van der Waals surface area contributed by atoms with Crippen LogP contribution in [0.3, 0.4) is 0 Å². The van der Waals surface area contributed by atoms with E-state index in [1.165, 1.54) is 48.4 Å². The van der Waals surface area contributed by atoms with Gasteiger partial charge in [-0.15, -0.1) is 23.2 Å². The fourth-order valence-electron chi connectivity index (χ4n) is 7.84. The standard InChI is InChI=1S/C35H29Cl2FN2O7/c1-47-27-16-19(4-13-26(27)42)29-23-11-12-24-28(31(44)39(30(24)43)15-14-18-2-9-22(41)10-3-18)25(23)17-34(36)32(45)40(33(46)35(29,34)37)21-7-5-20(38)6-8-21/h2-11,13,16,24-25,28-29,41-42H,12,14-15,17H2,1H3/t24-,25+,28-,29-,34+,35-/m0/s1. The fourth-order valence-corrected chi connectivity index (χ4v) is 8.77. The van der Waals surface area contributed by atoms with Gasteiger partial charge in [0.25, 0.3) is 11.8 Å². The van der Waals surface area contributed by atoms with Crippen LogP contribution in [-0.4, -0.2) is 62.1 Å². The average Bonchev–Trinajstić information content (AvgIpc) is 3.39. The molecule has 2 N–H and O–H groups in total. The number of nitrogens with zero attached hydrogens (tertiary/aromatic N) is 2. The lowest BCUT2D eigenvalue weighted by Crippen LogP contribution is -2.60. The number of aromatic hydroxyl groups is 2. The van der Waals surface area contributed by atoms with Gasteiger partial charge in [-0.3, -0.25) is 24.1 Å². The van der Waals surface area contributed by atoms with Gasteiger partial charge in [-0.2, -0.15) is 0 Å². The Balaban J connectivity index is 1.32. The van der Waals surface area contributed by atoms with Crippen molar-refractivity contribution in [2.24, 2.45) is 17.8 Å². The van der Waals surface area contributed by atoms with Gasteiger partial charge in [-0.25, -0.2) is 9.29 Å². The third-order valence-corrected chi connectivity index (χ3v) is 11.5. The highest BCUT2D eigenvalue weighted by Gasteiger charge is 2.76. The summed E-state index contributed by atoms with van der Waals surface area (Å²) in [5.74, 6) is -6.24. The molecule has 2 heterocycles. The molecule has 0 unspecified atom stereocenters. The molecule has 2 aliphatic heterocycles. The van der Waals surface area contributed by atoms with E-state index in [1.54, 1.807) is 18.2 Å². The number of phenols is 2. The van der Waals surface area contributed by atoms with Crippen molar-refractivity contribution < 1.29 is 38.5 Å². The monoisotopic (exact) mass is 678 g/mol. The first kappa shape index (κ1) is 31.2. The van der Waals surface area contributed by atoms with E-state index in [0.29, 0.717) is 17.6 Å². The first-order valence-electron chi connectivity index (χ1n) is 15.1. The third-order valence-electron chi connectivity index (χ3n) is 10.1. The number of hydrogen-bond acceptors (Lipinski definition) is 7. The summed E-state index contributed by atoms with van der Waals surface area (Å²) in [5, 5.41) is 20.0. The molecule has 4 aliphatic rings. The quantitative estimate of drug-likeness (QED) is 0.212. The largest absolute Gasteiger partial charge is 0.508 e. The van der Waals surface area contributed by atoms with Crippen molar-refractivity contribution in [2.45, 2.75) is 34.9 Å². The minimum absolute atomic E-state index is 0.0836. The fraction of sp³-hybridized carbons (Fsp3) is 0.314. The molecule has 3 aromatic rings. The van der Waals surface area contributed by atoms with Gasteiger partial charge < -0.3 is 14.9 Å². The molecular weight excluding hydrogens is 650 g/mol. The molecule has 2 aliphatic carbocycles. The summed E-state index contributed by atoms with van der Waals surface area (Å²) in [6, 6.07) is 15.8. The van der Waals surface area contributed by atoms with Gasteiger partial charge in [0.05, 0.1) is 24.6 Å². The molecule has 0 radical (unpaired) electrons. The first-order chi connectivity index (χ1) is 22.4. The summed E-state index contributed by atoms with van der Waals surface area (Å²) < 4.78 is 19.2. The maximum atomic E-state index is 14.4. The molecule has 0 spiro atoms. The van der Waals surface area contributed by atoms with Crippen LogP contribution >= 0.6 is 23.2 Å². The van der Waals surface area contributed by atoms with E-state index >= 15 is 0 Å². The molecule has 4 amide bonds. The van der Waals surface area contributed by atoms with Gasteiger partial charge in [0.2, 0.25) is 11.8 Å². The number of halogens is 3. The van der Waals surface area contributed by atoms with Crippen LogP contribution in [0.1, 0.15) is 29.9 Å². The highest BCUT2D eigenvalue weighted by molar-refractivity contribution is 6.58. The van der Waals surface area contributed by atoms with Gasteiger partial charge in [0.1, 0.15) is 11.6 Å². The van der Waals surface area contributed by atoms with Crippen LogP contribution in [0, 0.1) is 23.6 Å². The first-order valence-corrected chi connectivity index (χ1v) is 15.9. The maximum Gasteiger partial charge on any atom is 0.258 e. The number of carbonyl (C=O) groups excluding carboxylic acids is 4. The van der Waals surface area contributed by atoms with E-state index in [2.05, 4.69) is 0 Å². The predicted molar refractivity (Wildman–Crippen MR) is 170 cm³/mol. The van der Waals surface area contributed by atoms with Crippen LogP contribution in [0.4, 0.5) is 10.1 Å². The summed E-state index contributed by atoms with van der Waals surface area (Å²) in [5.41, 5.74) is 1.92. The van der Waals surface area contributed by atoms with Crippen LogP contribution in [0.2, 0.25) is 0 Å². The Bertz CT molecular complexity index is 1870. The van der Waals surface area contributed by atoms with Gasteiger partial charge in [0.15, 0.2) is 21.2 Å². The molecule has 242 valence electrons. The molecule has 0 aromatic heterocycles. The van der Waals surface area contributed by atoms with Gasteiger partial charge in [-0.1, -0.05) is 29.8 Å². The number of amides is 4. The summed E-state index contributed by atoms with van der Waals surface area (Å²) in [4.78, 5) is 54.5. The van der Waals surface area contributed by atoms with Gasteiger partial charge in [-0.05, 0) is 84.8 Å². The molecule has 7 rings (SSSR count). The van der Waals surface area contributed by atoms with Crippen LogP contribution < -0.4 is 9.64 Å².